The first kappa shape index (κ1) is 20.2. The zero-order valence-electron chi connectivity index (χ0n) is 13.5. The number of sulfone groups is 1. The lowest BCUT2D eigenvalue weighted by Gasteiger charge is -2.13. The molecule has 1 N–H and O–H groups in total. The fraction of sp³-hybridized carbons (Fsp3) is 0.200. The maximum absolute atomic E-state index is 13.1. The fourth-order valence-corrected chi connectivity index (χ4v) is 4.26. The Morgan fingerprint density at radius 3 is 1.88 bits per heavy atom. The number of sulfonamides is 1. The SMILES string of the molecule is CNS(=O)(=O)c1cc(C(F)(F)F)cc(S(=O)(=O)c2ccc(OC)cc2)c1. The summed E-state index contributed by atoms with van der Waals surface area (Å²) < 4.78 is 95.2. The number of nitrogens with one attached hydrogen (secondary N) is 1. The van der Waals surface area contributed by atoms with E-state index in [2.05, 4.69) is 0 Å². The second-order valence-electron chi connectivity index (χ2n) is 5.08. The minimum atomic E-state index is -4.93. The second kappa shape index (κ2) is 6.89. The molecule has 0 atom stereocenters. The van der Waals surface area contributed by atoms with Gasteiger partial charge in [-0.05, 0) is 49.5 Å². The number of rotatable bonds is 5. The summed E-state index contributed by atoms with van der Waals surface area (Å²) in [6.07, 6.45) is -4.93. The average molecular weight is 409 g/mol. The van der Waals surface area contributed by atoms with E-state index >= 15 is 0 Å². The zero-order chi connectivity index (χ0) is 19.8. The molecule has 0 fully saturated rings. The Morgan fingerprint density at radius 1 is 0.885 bits per heavy atom. The number of alkyl halides is 3. The van der Waals surface area contributed by atoms with Gasteiger partial charge in [-0.3, -0.25) is 0 Å². The van der Waals surface area contributed by atoms with Gasteiger partial charge >= 0.3 is 6.18 Å². The van der Waals surface area contributed by atoms with Crippen LogP contribution in [0, 0.1) is 0 Å². The number of methoxy groups -OCH3 is 1. The van der Waals surface area contributed by atoms with Gasteiger partial charge in [-0.15, -0.1) is 0 Å². The van der Waals surface area contributed by atoms with E-state index in [4.69, 9.17) is 4.74 Å². The van der Waals surface area contributed by atoms with E-state index in [0.717, 1.165) is 19.2 Å². The highest BCUT2D eigenvalue weighted by Crippen LogP contribution is 2.34. The molecule has 0 radical (unpaired) electrons. The Labute approximate surface area is 148 Å². The van der Waals surface area contributed by atoms with Crippen LogP contribution >= 0.6 is 0 Å². The Kier molecular flexibility index (Phi) is 5.36. The van der Waals surface area contributed by atoms with E-state index in [1.54, 1.807) is 0 Å². The van der Waals surface area contributed by atoms with E-state index in [1.807, 2.05) is 4.72 Å². The normalized spacial score (nSPS) is 12.8. The third-order valence-corrected chi connectivity index (χ3v) is 6.61. The van der Waals surface area contributed by atoms with Gasteiger partial charge in [0.15, 0.2) is 0 Å². The third kappa shape index (κ3) is 4.00. The standard InChI is InChI=1S/C15H14F3NO5S2/c1-19-26(22,23)14-8-10(15(16,17)18)7-13(9-14)25(20,21)12-5-3-11(24-2)4-6-12/h3-9,19H,1-2H3. The highest BCUT2D eigenvalue weighted by atomic mass is 32.2. The number of benzene rings is 2. The van der Waals surface area contributed by atoms with Gasteiger partial charge in [0.25, 0.3) is 0 Å². The lowest BCUT2D eigenvalue weighted by molar-refractivity contribution is -0.137. The third-order valence-electron chi connectivity index (χ3n) is 3.47. The number of ether oxygens (including phenoxy) is 1. The Bertz CT molecular complexity index is 1010. The fourth-order valence-electron chi connectivity index (χ4n) is 2.05. The molecule has 0 heterocycles. The van der Waals surface area contributed by atoms with E-state index in [0.29, 0.717) is 23.9 Å². The highest BCUT2D eigenvalue weighted by Gasteiger charge is 2.34. The van der Waals surface area contributed by atoms with Crippen LogP contribution < -0.4 is 9.46 Å². The van der Waals surface area contributed by atoms with E-state index in [1.165, 1.54) is 19.2 Å². The summed E-state index contributed by atoms with van der Waals surface area (Å²) in [6.45, 7) is 0. The van der Waals surface area contributed by atoms with Crippen molar-refractivity contribution in [3.63, 3.8) is 0 Å². The monoisotopic (exact) mass is 409 g/mol. The molecule has 6 nitrogen and oxygen atoms in total. The molecule has 11 heteroatoms. The first-order chi connectivity index (χ1) is 11.9. The van der Waals surface area contributed by atoms with Crippen molar-refractivity contribution >= 4 is 19.9 Å². The van der Waals surface area contributed by atoms with Crippen LogP contribution in [0.3, 0.4) is 0 Å². The second-order valence-corrected chi connectivity index (χ2v) is 8.91. The molecular weight excluding hydrogens is 395 g/mol. The van der Waals surface area contributed by atoms with Crippen LogP contribution in [0.4, 0.5) is 13.2 Å². The topological polar surface area (TPSA) is 89.5 Å². The summed E-state index contributed by atoms with van der Waals surface area (Å²) in [7, 11) is -6.30. The molecule has 2 aromatic carbocycles. The zero-order valence-corrected chi connectivity index (χ0v) is 15.2. The van der Waals surface area contributed by atoms with Crippen molar-refractivity contribution in [1.29, 1.82) is 0 Å². The van der Waals surface area contributed by atoms with E-state index in [-0.39, 0.29) is 4.90 Å². The quantitative estimate of drug-likeness (QED) is 0.820. The molecule has 142 valence electrons. The Hall–Kier alpha value is -2.11. The van der Waals surface area contributed by atoms with E-state index < -0.39 is 41.4 Å². The average Bonchev–Trinajstić information content (AvgIpc) is 2.60. The minimum Gasteiger partial charge on any atom is -0.497 e. The van der Waals surface area contributed by atoms with Crippen LogP contribution in [0.1, 0.15) is 5.56 Å². The van der Waals surface area contributed by atoms with Crippen LogP contribution in [0.15, 0.2) is 57.2 Å². The molecule has 0 aliphatic rings. The maximum atomic E-state index is 13.1. The van der Waals surface area contributed by atoms with Gasteiger partial charge in [0.05, 0.1) is 27.4 Å². The van der Waals surface area contributed by atoms with E-state index in [9.17, 15) is 30.0 Å². The van der Waals surface area contributed by atoms with Crippen molar-refractivity contribution in [2.24, 2.45) is 0 Å². The van der Waals surface area contributed by atoms with Gasteiger partial charge in [-0.1, -0.05) is 0 Å². The molecule has 2 rings (SSSR count). The van der Waals surface area contributed by atoms with Gasteiger partial charge in [0, 0.05) is 0 Å². The lowest BCUT2D eigenvalue weighted by Crippen LogP contribution is -2.20. The molecule has 26 heavy (non-hydrogen) atoms. The molecular formula is C15H14F3NO5S2. The van der Waals surface area contributed by atoms with Crippen LogP contribution in [0.5, 0.6) is 5.75 Å². The van der Waals surface area contributed by atoms with Crippen molar-refractivity contribution in [1.82, 2.24) is 4.72 Å². The van der Waals surface area contributed by atoms with Crippen molar-refractivity contribution in [3.8, 4) is 5.75 Å². The summed E-state index contributed by atoms with van der Waals surface area (Å²) in [4.78, 5) is -1.89. The molecule has 0 amide bonds. The Balaban J connectivity index is 2.72. The van der Waals surface area contributed by atoms with Gasteiger partial charge in [-0.2, -0.15) is 13.2 Å². The molecule has 0 unspecified atom stereocenters. The molecule has 0 aliphatic carbocycles. The van der Waals surface area contributed by atoms with Crippen molar-refractivity contribution in [3.05, 3.63) is 48.0 Å². The first-order valence-electron chi connectivity index (χ1n) is 6.97. The predicted molar refractivity (Wildman–Crippen MR) is 86.1 cm³/mol. The van der Waals surface area contributed by atoms with Crippen molar-refractivity contribution in [2.45, 2.75) is 20.9 Å². The highest BCUT2D eigenvalue weighted by molar-refractivity contribution is 7.91. The summed E-state index contributed by atoms with van der Waals surface area (Å²) in [5.41, 5.74) is -1.39. The van der Waals surface area contributed by atoms with Gasteiger partial charge in [-0.25, -0.2) is 21.6 Å². The lowest BCUT2D eigenvalue weighted by atomic mass is 10.2. The van der Waals surface area contributed by atoms with Gasteiger partial charge in [0.2, 0.25) is 19.9 Å². The summed E-state index contributed by atoms with van der Waals surface area (Å²) >= 11 is 0. The molecule has 0 spiro atoms. The van der Waals surface area contributed by atoms with Crippen LogP contribution in [0.25, 0.3) is 0 Å². The summed E-state index contributed by atoms with van der Waals surface area (Å²) in [5.74, 6) is 0.353. The first-order valence-corrected chi connectivity index (χ1v) is 9.93. The maximum Gasteiger partial charge on any atom is 0.416 e. The molecule has 0 aliphatic heterocycles. The molecule has 0 bridgehead atoms. The number of hydrogen-bond donors (Lipinski definition) is 1. The van der Waals surface area contributed by atoms with Crippen LogP contribution in [-0.4, -0.2) is 31.0 Å². The van der Waals surface area contributed by atoms with Crippen molar-refractivity contribution < 1.29 is 34.7 Å². The summed E-state index contributed by atoms with van der Waals surface area (Å²) in [6, 6.07) is 6.41. The minimum absolute atomic E-state index is 0.301. The smallest absolute Gasteiger partial charge is 0.416 e. The van der Waals surface area contributed by atoms with Crippen molar-refractivity contribution in [2.75, 3.05) is 14.2 Å². The molecule has 0 saturated carbocycles. The summed E-state index contributed by atoms with van der Waals surface area (Å²) in [5, 5.41) is 0. The molecule has 2 aromatic rings. The molecule has 0 saturated heterocycles. The molecule has 0 aromatic heterocycles. The number of halogens is 3. The number of hydrogen-bond acceptors (Lipinski definition) is 5. The largest absolute Gasteiger partial charge is 0.497 e. The van der Waals surface area contributed by atoms with Gasteiger partial charge < -0.3 is 4.74 Å². The predicted octanol–water partition coefficient (Wildman–Crippen LogP) is 2.45. The van der Waals surface area contributed by atoms with Crippen LogP contribution in [0.2, 0.25) is 0 Å². The van der Waals surface area contributed by atoms with Crippen LogP contribution in [-0.2, 0) is 26.0 Å². The van der Waals surface area contributed by atoms with Gasteiger partial charge in [0.1, 0.15) is 5.75 Å². The Morgan fingerprint density at radius 2 is 1.42 bits per heavy atom.